The lowest BCUT2D eigenvalue weighted by Crippen LogP contribution is -2.57. The molecule has 2 N–H and O–H groups in total. The van der Waals surface area contributed by atoms with Crippen molar-refractivity contribution in [3.05, 3.63) is 52.9 Å². The Morgan fingerprint density at radius 1 is 0.962 bits per heavy atom. The third kappa shape index (κ3) is 6.37. The number of nitrogens with two attached hydrogens (primary N) is 1. The predicted octanol–water partition coefficient (Wildman–Crippen LogP) is 9.48. The molecule has 2 aliphatic heterocycles. The number of anilines is 2. The van der Waals surface area contributed by atoms with Gasteiger partial charge >= 0.3 is 6.09 Å². The van der Waals surface area contributed by atoms with Crippen LogP contribution >= 0.6 is 0 Å². The number of hydrogen-bond donors (Lipinski definition) is 1. The molecule has 6 rings (SSSR count). The van der Waals surface area contributed by atoms with Crippen LogP contribution in [0.2, 0.25) is 16.6 Å². The van der Waals surface area contributed by atoms with Gasteiger partial charge in [-0.3, -0.25) is 9.88 Å². The van der Waals surface area contributed by atoms with Crippen molar-refractivity contribution in [1.29, 1.82) is 0 Å². The van der Waals surface area contributed by atoms with Gasteiger partial charge in [0.1, 0.15) is 42.5 Å². The minimum atomic E-state index is -2.24. The summed E-state index contributed by atoms with van der Waals surface area (Å²) in [6.07, 6.45) is 3.04. The maximum atomic E-state index is 17.2. The lowest BCUT2D eigenvalue weighted by molar-refractivity contribution is 0.0123. The fraction of sp³-hybridized carbons (Fsp3) is 0.512. The highest BCUT2D eigenvalue weighted by atomic mass is 28.3. The second-order valence-electron chi connectivity index (χ2n) is 16.6. The second kappa shape index (κ2) is 13.6. The number of nitrogens with zero attached hydrogens (tertiary/aromatic N) is 5. The predicted molar refractivity (Wildman–Crippen MR) is 209 cm³/mol. The van der Waals surface area contributed by atoms with Crippen LogP contribution in [-0.4, -0.2) is 64.8 Å². The number of piperazine rings is 1. The molecule has 2 bridgehead atoms. The highest BCUT2D eigenvalue weighted by Gasteiger charge is 2.45. The molecule has 0 aliphatic carbocycles. The van der Waals surface area contributed by atoms with Crippen LogP contribution in [0, 0.1) is 36.9 Å². The molecule has 1 aromatic carbocycles. The van der Waals surface area contributed by atoms with E-state index in [0.29, 0.717) is 68.3 Å². The summed E-state index contributed by atoms with van der Waals surface area (Å²) in [5.41, 5.74) is 12.1. The Morgan fingerprint density at radius 2 is 1.58 bits per heavy atom. The van der Waals surface area contributed by atoms with Crippen molar-refractivity contribution in [2.75, 3.05) is 23.7 Å². The van der Waals surface area contributed by atoms with Crippen molar-refractivity contribution in [1.82, 2.24) is 19.9 Å². The molecule has 2 atom stereocenters. The Hall–Kier alpha value is -4.30. The quantitative estimate of drug-likeness (QED) is 0.162. The lowest BCUT2D eigenvalue weighted by atomic mass is 9.98. The summed E-state index contributed by atoms with van der Waals surface area (Å²) in [7, 11) is -2.24. The highest BCUT2D eigenvalue weighted by molar-refractivity contribution is 6.90. The number of carbonyl (C=O) groups excluding carboxylic acids is 1. The largest absolute Gasteiger partial charge is 0.444 e. The van der Waals surface area contributed by atoms with Crippen molar-refractivity contribution >= 4 is 47.3 Å². The number of aryl methyl sites for hydroxylation is 2. The Morgan fingerprint density at radius 3 is 2.15 bits per heavy atom. The minimum Gasteiger partial charge on any atom is -0.444 e. The Labute approximate surface area is 307 Å². The number of aromatic nitrogens is 3. The number of amides is 1. The van der Waals surface area contributed by atoms with Crippen molar-refractivity contribution in [3.63, 3.8) is 0 Å². The maximum absolute atomic E-state index is 17.2. The molecule has 11 heteroatoms. The number of ether oxygens (including phenoxy) is 1. The minimum absolute atomic E-state index is 0.0204. The number of nitrogen functional groups attached to an aromatic ring is 1. The van der Waals surface area contributed by atoms with E-state index in [9.17, 15) is 4.79 Å². The molecule has 2 fully saturated rings. The van der Waals surface area contributed by atoms with E-state index in [2.05, 4.69) is 67.9 Å². The molecule has 2 aliphatic rings. The van der Waals surface area contributed by atoms with Crippen molar-refractivity contribution in [2.45, 2.75) is 123 Å². The first kappa shape index (κ1) is 37.5. The fourth-order valence-electron chi connectivity index (χ4n) is 8.84. The van der Waals surface area contributed by atoms with Crippen LogP contribution in [0.1, 0.15) is 92.0 Å². The summed E-state index contributed by atoms with van der Waals surface area (Å²) in [5, 5.41) is 1.95. The molecule has 3 aromatic heterocycles. The van der Waals surface area contributed by atoms with E-state index in [1.807, 2.05) is 39.5 Å². The van der Waals surface area contributed by atoms with Crippen LogP contribution in [0.5, 0.6) is 0 Å². The van der Waals surface area contributed by atoms with Crippen molar-refractivity contribution in [2.24, 2.45) is 0 Å². The lowest BCUT2D eigenvalue weighted by Gasteiger charge is -2.42. The summed E-state index contributed by atoms with van der Waals surface area (Å²) >= 11 is 0. The van der Waals surface area contributed by atoms with Crippen LogP contribution in [0.15, 0.2) is 24.4 Å². The number of rotatable bonds is 5. The first-order chi connectivity index (χ1) is 24.3. The van der Waals surface area contributed by atoms with E-state index < -0.39 is 25.3 Å². The number of fused-ring (bicyclic) bond motifs is 4. The standard InChI is InChI=1S/C41H52F2N6O2Si/c1-22(2)52(23(3)4,24(5)6)17-16-30-32(42)15-12-27-18-33(44)47-37(35(27)30)38-36(43)34-25(7)26(8)46-39(31(34)19-45-38)48-20-28-13-14-29(21-48)49(28)40(50)51-41(9,10)11/h12,15,18-19,22-24,28-29H,13-14,20-21H2,1-11H3,(H2,44,47). The number of benzene rings is 1. The van der Waals surface area contributed by atoms with Crippen LogP contribution in [0.25, 0.3) is 32.9 Å². The van der Waals surface area contributed by atoms with Gasteiger partial charge in [0.05, 0.1) is 17.6 Å². The molecule has 0 spiro atoms. The van der Waals surface area contributed by atoms with Crippen molar-refractivity contribution in [3.8, 4) is 22.9 Å². The van der Waals surface area contributed by atoms with Crippen LogP contribution < -0.4 is 10.6 Å². The van der Waals surface area contributed by atoms with E-state index in [1.165, 1.54) is 6.07 Å². The molecule has 0 radical (unpaired) electrons. The second-order valence-corrected chi connectivity index (χ2v) is 22.2. The molecule has 5 heterocycles. The van der Waals surface area contributed by atoms with Gasteiger partial charge in [-0.2, -0.15) is 0 Å². The summed E-state index contributed by atoms with van der Waals surface area (Å²) in [5.74, 6) is 3.02. The normalized spacial score (nSPS) is 17.8. The van der Waals surface area contributed by atoms with E-state index in [4.69, 9.17) is 15.5 Å². The molecule has 1 amide bonds. The highest BCUT2D eigenvalue weighted by Crippen LogP contribution is 2.43. The number of hydrogen-bond acceptors (Lipinski definition) is 7. The molecule has 8 nitrogen and oxygen atoms in total. The zero-order valence-electron chi connectivity index (χ0n) is 32.4. The molecule has 276 valence electrons. The van der Waals surface area contributed by atoms with Gasteiger partial charge in [-0.15, -0.1) is 5.54 Å². The smallest absolute Gasteiger partial charge is 0.410 e. The molecular formula is C41H52F2N6O2Si. The van der Waals surface area contributed by atoms with Crippen molar-refractivity contribution < 1.29 is 18.3 Å². The maximum Gasteiger partial charge on any atom is 0.410 e. The van der Waals surface area contributed by atoms with E-state index in [0.717, 1.165) is 12.8 Å². The summed E-state index contributed by atoms with van der Waals surface area (Å²) in [6, 6.07) is 4.60. The third-order valence-corrected chi connectivity index (χ3v) is 17.6. The van der Waals surface area contributed by atoms with Crippen LogP contribution in [-0.2, 0) is 4.74 Å². The first-order valence-corrected chi connectivity index (χ1v) is 20.7. The van der Waals surface area contributed by atoms with Crippen LogP contribution in [0.4, 0.5) is 25.2 Å². The SMILES string of the molecule is Cc1nc(N2CC3CCC(C2)N3C(=O)OC(C)(C)C)c2cnc(-c3nc(N)cc4ccc(F)c(C#C[Si](C(C)C)(C(C)C)C(C)C)c34)c(F)c2c1C. The van der Waals surface area contributed by atoms with Gasteiger partial charge in [0.15, 0.2) is 5.82 Å². The van der Waals surface area contributed by atoms with Gasteiger partial charge in [-0.25, -0.2) is 23.5 Å². The van der Waals surface area contributed by atoms with Gasteiger partial charge in [0.25, 0.3) is 0 Å². The zero-order chi connectivity index (χ0) is 38.0. The fourth-order valence-corrected chi connectivity index (χ4v) is 14.1. The molecular weight excluding hydrogens is 675 g/mol. The zero-order valence-corrected chi connectivity index (χ0v) is 33.4. The Bertz CT molecular complexity index is 2100. The molecule has 2 unspecified atom stereocenters. The Kier molecular flexibility index (Phi) is 9.79. The average molecular weight is 727 g/mol. The number of halogens is 2. The third-order valence-electron chi connectivity index (χ3n) is 11.3. The van der Waals surface area contributed by atoms with Gasteiger partial charge in [-0.05, 0) is 87.2 Å². The summed E-state index contributed by atoms with van der Waals surface area (Å²) in [6.45, 7) is 23.7. The van der Waals surface area contributed by atoms with Gasteiger partial charge < -0.3 is 15.4 Å². The Balaban J connectivity index is 1.50. The van der Waals surface area contributed by atoms with E-state index >= 15 is 8.78 Å². The molecule has 4 aromatic rings. The number of carbonyl (C=O) groups is 1. The topological polar surface area (TPSA) is 97.5 Å². The molecule has 2 saturated heterocycles. The van der Waals surface area contributed by atoms with Crippen LogP contribution in [0.3, 0.4) is 0 Å². The number of pyridine rings is 3. The molecule has 52 heavy (non-hydrogen) atoms. The molecule has 0 saturated carbocycles. The van der Waals surface area contributed by atoms with E-state index in [1.54, 1.807) is 18.3 Å². The van der Waals surface area contributed by atoms with Gasteiger partial charge in [-0.1, -0.05) is 53.5 Å². The summed E-state index contributed by atoms with van der Waals surface area (Å²) < 4.78 is 38.9. The monoisotopic (exact) mass is 726 g/mol. The average Bonchev–Trinajstić information content (AvgIpc) is 3.31. The van der Waals surface area contributed by atoms with Gasteiger partial charge in [0, 0.05) is 41.1 Å². The van der Waals surface area contributed by atoms with Gasteiger partial charge in [0.2, 0.25) is 0 Å². The van der Waals surface area contributed by atoms with E-state index in [-0.39, 0.29) is 40.9 Å². The first-order valence-electron chi connectivity index (χ1n) is 18.5. The summed E-state index contributed by atoms with van der Waals surface area (Å²) in [4.78, 5) is 31.4.